The third-order valence-corrected chi connectivity index (χ3v) is 7.02. The molecule has 1 aromatic heterocycles. The molecule has 0 radical (unpaired) electrons. The van der Waals surface area contributed by atoms with Crippen LogP contribution in [0, 0.1) is 19.8 Å². The summed E-state index contributed by atoms with van der Waals surface area (Å²) in [6, 6.07) is 0. The summed E-state index contributed by atoms with van der Waals surface area (Å²) in [5.41, 5.74) is 0.330. The summed E-state index contributed by atoms with van der Waals surface area (Å²) in [5, 5.41) is 6.60. The number of methoxy groups -OCH3 is 1. The fraction of sp³-hybridized carbons (Fsp3) is 0.722. The maximum absolute atomic E-state index is 12.9. The average Bonchev–Trinajstić information content (AvgIpc) is 3.03. The zero-order chi connectivity index (χ0) is 20.7. The predicted molar refractivity (Wildman–Crippen MR) is 101 cm³/mol. The van der Waals surface area contributed by atoms with Gasteiger partial charge in [0, 0.05) is 26.1 Å². The summed E-state index contributed by atoms with van der Waals surface area (Å²) in [6.45, 7) is 4.20. The largest absolute Gasteiger partial charge is 0.469 e. The number of nitrogens with zero attached hydrogens (tertiary/aromatic N) is 2. The summed E-state index contributed by atoms with van der Waals surface area (Å²) >= 11 is 0. The molecule has 0 aromatic carbocycles. The molecule has 0 aliphatic carbocycles. The number of rotatable bonds is 9. The van der Waals surface area contributed by atoms with Crippen molar-refractivity contribution >= 4 is 21.9 Å². The van der Waals surface area contributed by atoms with Crippen LogP contribution in [-0.2, 0) is 24.3 Å². The Morgan fingerprint density at radius 1 is 1.29 bits per heavy atom. The van der Waals surface area contributed by atoms with Gasteiger partial charge in [-0.25, -0.2) is 8.42 Å². The second-order valence-corrected chi connectivity index (χ2v) is 8.91. The van der Waals surface area contributed by atoms with Crippen LogP contribution in [0.4, 0.5) is 0 Å². The summed E-state index contributed by atoms with van der Waals surface area (Å²) < 4.78 is 36.8. The minimum Gasteiger partial charge on any atom is -0.469 e. The summed E-state index contributed by atoms with van der Waals surface area (Å²) in [5.74, 6) is -0.479. The molecule has 1 aromatic rings. The monoisotopic (exact) mass is 415 g/mol. The lowest BCUT2D eigenvalue weighted by Gasteiger charge is -2.31. The summed E-state index contributed by atoms with van der Waals surface area (Å²) in [4.78, 5) is 23.6. The molecule has 0 bridgehead atoms. The number of hydrogen-bond donors (Lipinski definition) is 1. The number of aryl methyl sites for hydroxylation is 2. The highest BCUT2D eigenvalue weighted by Crippen LogP contribution is 2.27. The van der Waals surface area contributed by atoms with E-state index in [1.807, 2.05) is 0 Å². The fourth-order valence-corrected chi connectivity index (χ4v) is 5.19. The van der Waals surface area contributed by atoms with E-state index in [-0.39, 0.29) is 35.0 Å². The van der Waals surface area contributed by atoms with E-state index in [2.05, 4.69) is 15.2 Å². The van der Waals surface area contributed by atoms with Crippen LogP contribution in [0.15, 0.2) is 9.42 Å². The Kier molecular flexibility index (Phi) is 7.99. The molecule has 1 unspecified atom stereocenters. The number of amides is 1. The molecule has 9 nitrogen and oxygen atoms in total. The molecule has 2 heterocycles. The van der Waals surface area contributed by atoms with Crippen molar-refractivity contribution < 1.29 is 27.3 Å². The lowest BCUT2D eigenvalue weighted by molar-refractivity contribution is -0.140. The molecule has 1 amide bonds. The number of ether oxygens (including phenoxy) is 1. The number of piperidine rings is 1. The van der Waals surface area contributed by atoms with Crippen LogP contribution in [0.3, 0.4) is 0 Å². The first-order valence-corrected chi connectivity index (χ1v) is 11.0. The molecule has 1 fully saturated rings. The molecule has 1 aliphatic heterocycles. The van der Waals surface area contributed by atoms with E-state index in [0.717, 1.165) is 19.3 Å². The van der Waals surface area contributed by atoms with Crippen molar-refractivity contribution in [2.24, 2.45) is 5.92 Å². The number of nitrogens with one attached hydrogen (secondary N) is 1. The van der Waals surface area contributed by atoms with Crippen molar-refractivity contribution in [1.82, 2.24) is 14.8 Å². The molecule has 2 rings (SSSR count). The highest BCUT2D eigenvalue weighted by molar-refractivity contribution is 7.89. The van der Waals surface area contributed by atoms with Crippen LogP contribution in [0.1, 0.15) is 50.0 Å². The Morgan fingerprint density at radius 3 is 2.68 bits per heavy atom. The minimum atomic E-state index is -3.74. The lowest BCUT2D eigenvalue weighted by atomic mass is 9.99. The van der Waals surface area contributed by atoms with Crippen molar-refractivity contribution in [3.63, 3.8) is 0 Å². The smallest absolute Gasteiger partial charge is 0.305 e. The zero-order valence-electron chi connectivity index (χ0n) is 16.7. The van der Waals surface area contributed by atoms with Crippen LogP contribution in [0.5, 0.6) is 0 Å². The first-order chi connectivity index (χ1) is 13.3. The fourth-order valence-electron chi connectivity index (χ4n) is 3.38. The minimum absolute atomic E-state index is 0.0964. The number of unbranched alkanes of at least 4 members (excludes halogenated alkanes) is 2. The predicted octanol–water partition coefficient (Wildman–Crippen LogP) is 1.54. The van der Waals surface area contributed by atoms with Gasteiger partial charge in [0.05, 0.1) is 13.0 Å². The van der Waals surface area contributed by atoms with E-state index < -0.39 is 10.0 Å². The average molecular weight is 416 g/mol. The van der Waals surface area contributed by atoms with Crippen molar-refractivity contribution in [2.45, 2.75) is 57.3 Å². The van der Waals surface area contributed by atoms with E-state index >= 15 is 0 Å². The maximum Gasteiger partial charge on any atom is 0.305 e. The molecule has 1 N–H and O–H groups in total. The van der Waals surface area contributed by atoms with Gasteiger partial charge in [-0.15, -0.1) is 0 Å². The van der Waals surface area contributed by atoms with Gasteiger partial charge in [0.25, 0.3) is 0 Å². The van der Waals surface area contributed by atoms with Crippen molar-refractivity contribution in [1.29, 1.82) is 0 Å². The summed E-state index contributed by atoms with van der Waals surface area (Å²) in [6.07, 6.45) is 3.95. The Labute approximate surface area is 165 Å². The second kappa shape index (κ2) is 10.0. The van der Waals surface area contributed by atoms with Gasteiger partial charge in [-0.1, -0.05) is 11.6 Å². The highest BCUT2D eigenvalue weighted by atomic mass is 32.2. The van der Waals surface area contributed by atoms with Gasteiger partial charge in [-0.2, -0.15) is 4.31 Å². The first kappa shape index (κ1) is 22.4. The topological polar surface area (TPSA) is 119 Å². The van der Waals surface area contributed by atoms with E-state index in [0.29, 0.717) is 38.0 Å². The van der Waals surface area contributed by atoms with Gasteiger partial charge in [-0.05, 0) is 39.5 Å². The highest BCUT2D eigenvalue weighted by Gasteiger charge is 2.36. The number of carbonyl (C=O) groups is 2. The molecular weight excluding hydrogens is 386 g/mol. The van der Waals surface area contributed by atoms with E-state index in [1.165, 1.54) is 11.4 Å². The second-order valence-electron chi connectivity index (χ2n) is 7.03. The third kappa shape index (κ3) is 5.54. The van der Waals surface area contributed by atoms with Crippen LogP contribution >= 0.6 is 0 Å². The van der Waals surface area contributed by atoms with Crippen LogP contribution < -0.4 is 5.32 Å². The van der Waals surface area contributed by atoms with E-state index in [4.69, 9.17) is 4.52 Å². The molecular formula is C18H29N3O6S. The molecule has 1 saturated heterocycles. The molecule has 0 saturated carbocycles. The maximum atomic E-state index is 12.9. The van der Waals surface area contributed by atoms with Gasteiger partial charge in [0.2, 0.25) is 15.9 Å². The van der Waals surface area contributed by atoms with E-state index in [1.54, 1.807) is 13.8 Å². The standard InChI is InChI=1S/C18H29N3O6S/c1-13-17(14(2)27-20-13)28(24,25)21-11-7-8-15(12-21)18(23)19-10-6-4-5-9-16(22)26-3/h15H,4-12H2,1-3H3,(H,19,23). The third-order valence-electron chi connectivity index (χ3n) is 4.91. The molecule has 1 atom stereocenters. The van der Waals surface area contributed by atoms with Crippen LogP contribution in [0.2, 0.25) is 0 Å². The van der Waals surface area contributed by atoms with Crippen LogP contribution in [0.25, 0.3) is 0 Å². The van der Waals surface area contributed by atoms with Crippen molar-refractivity contribution in [3.05, 3.63) is 11.5 Å². The molecule has 28 heavy (non-hydrogen) atoms. The Bertz CT molecular complexity index is 770. The number of aromatic nitrogens is 1. The number of hydrogen-bond acceptors (Lipinski definition) is 7. The Morgan fingerprint density at radius 2 is 2.04 bits per heavy atom. The number of esters is 1. The van der Waals surface area contributed by atoms with Gasteiger partial charge < -0.3 is 14.6 Å². The lowest BCUT2D eigenvalue weighted by Crippen LogP contribution is -2.45. The Balaban J connectivity index is 1.84. The van der Waals surface area contributed by atoms with Crippen molar-refractivity contribution in [3.8, 4) is 0 Å². The Hall–Kier alpha value is -1.94. The zero-order valence-corrected chi connectivity index (χ0v) is 17.5. The molecule has 158 valence electrons. The molecule has 1 aliphatic rings. The van der Waals surface area contributed by atoms with Gasteiger partial charge >= 0.3 is 5.97 Å². The van der Waals surface area contributed by atoms with Gasteiger partial charge in [-0.3, -0.25) is 9.59 Å². The number of sulfonamides is 1. The molecule has 10 heteroatoms. The first-order valence-electron chi connectivity index (χ1n) is 9.55. The SMILES string of the molecule is COC(=O)CCCCCNC(=O)C1CCCN(S(=O)(=O)c2c(C)noc2C)C1. The van der Waals surface area contributed by atoms with E-state index in [9.17, 15) is 18.0 Å². The summed E-state index contributed by atoms with van der Waals surface area (Å²) in [7, 11) is -2.37. The quantitative estimate of drug-likeness (QED) is 0.480. The van der Waals surface area contributed by atoms with Crippen molar-refractivity contribution in [2.75, 3.05) is 26.7 Å². The van der Waals surface area contributed by atoms with Crippen LogP contribution in [-0.4, -0.2) is 56.5 Å². The normalized spacial score (nSPS) is 18.0. The number of carbonyl (C=O) groups excluding carboxylic acids is 2. The van der Waals surface area contributed by atoms with Gasteiger partial charge in [0.1, 0.15) is 10.6 Å². The van der Waals surface area contributed by atoms with Gasteiger partial charge in [0.15, 0.2) is 5.76 Å². The molecule has 0 spiro atoms.